The maximum Gasteiger partial charge on any atom is 0.254 e. The highest BCUT2D eigenvalue weighted by molar-refractivity contribution is 5.94. The molecule has 0 fully saturated rings. The molecule has 1 aliphatic heterocycles. The smallest absolute Gasteiger partial charge is 0.254 e. The highest BCUT2D eigenvalue weighted by atomic mass is 16.5. The molecule has 23 heavy (non-hydrogen) atoms. The zero-order chi connectivity index (χ0) is 16.2. The van der Waals surface area contributed by atoms with Crippen LogP contribution in [-0.2, 0) is 13.1 Å². The Bertz CT molecular complexity index is 700. The summed E-state index contributed by atoms with van der Waals surface area (Å²) in [7, 11) is 0. The minimum atomic E-state index is -0.0262. The predicted molar refractivity (Wildman–Crippen MR) is 86.9 cm³/mol. The highest BCUT2D eigenvalue weighted by Crippen LogP contribution is 2.23. The minimum Gasteiger partial charge on any atom is -0.494 e. The van der Waals surface area contributed by atoms with Crippen LogP contribution >= 0.6 is 0 Å². The number of anilines is 1. The first-order chi connectivity index (χ1) is 11.2. The molecular formula is C17H20N4O2. The molecule has 0 bridgehead atoms. The van der Waals surface area contributed by atoms with Gasteiger partial charge in [0.15, 0.2) is 0 Å². The lowest BCUT2D eigenvalue weighted by atomic mass is 10.2. The second-order valence-corrected chi connectivity index (χ2v) is 5.59. The van der Waals surface area contributed by atoms with Crippen LogP contribution in [0.5, 0.6) is 5.75 Å². The fourth-order valence-electron chi connectivity index (χ4n) is 2.52. The van der Waals surface area contributed by atoms with Crippen molar-refractivity contribution in [1.82, 2.24) is 14.9 Å². The van der Waals surface area contributed by atoms with Gasteiger partial charge in [-0.25, -0.2) is 9.97 Å². The molecule has 0 spiro atoms. The van der Waals surface area contributed by atoms with Crippen molar-refractivity contribution >= 4 is 11.9 Å². The van der Waals surface area contributed by atoms with Crippen LogP contribution < -0.4 is 10.5 Å². The van der Waals surface area contributed by atoms with E-state index in [1.54, 1.807) is 23.2 Å². The number of hydrogen-bond donors (Lipinski definition) is 1. The monoisotopic (exact) mass is 312 g/mol. The number of nitrogens with two attached hydrogens (primary N) is 1. The van der Waals surface area contributed by atoms with Crippen LogP contribution in [0.2, 0.25) is 0 Å². The molecule has 2 heterocycles. The van der Waals surface area contributed by atoms with Crippen LogP contribution in [0, 0.1) is 0 Å². The molecule has 1 aromatic heterocycles. The lowest BCUT2D eigenvalue weighted by Gasteiger charge is -2.15. The zero-order valence-electron chi connectivity index (χ0n) is 13.2. The van der Waals surface area contributed by atoms with E-state index in [9.17, 15) is 4.79 Å². The molecule has 2 aromatic rings. The van der Waals surface area contributed by atoms with Gasteiger partial charge in [0, 0.05) is 23.9 Å². The number of rotatable bonds is 5. The Morgan fingerprint density at radius 3 is 2.83 bits per heavy atom. The summed E-state index contributed by atoms with van der Waals surface area (Å²) in [5.74, 6) is 1.01. The summed E-state index contributed by atoms with van der Waals surface area (Å²) in [5, 5.41) is 0. The van der Waals surface area contributed by atoms with Crippen LogP contribution in [0.25, 0.3) is 0 Å². The third-order valence-electron chi connectivity index (χ3n) is 3.83. The van der Waals surface area contributed by atoms with Crippen LogP contribution in [0.4, 0.5) is 5.95 Å². The average Bonchev–Trinajstić information content (AvgIpc) is 2.98. The number of ether oxygens (including phenoxy) is 1. The molecule has 0 atom stereocenters. The third kappa shape index (κ3) is 3.41. The van der Waals surface area contributed by atoms with Crippen molar-refractivity contribution in [1.29, 1.82) is 0 Å². The second-order valence-electron chi connectivity index (χ2n) is 5.59. The van der Waals surface area contributed by atoms with Crippen molar-refractivity contribution in [2.24, 2.45) is 0 Å². The molecule has 0 aliphatic carbocycles. The van der Waals surface area contributed by atoms with Gasteiger partial charge in [0.25, 0.3) is 5.91 Å². The van der Waals surface area contributed by atoms with Gasteiger partial charge in [0.2, 0.25) is 5.95 Å². The number of amides is 1. The van der Waals surface area contributed by atoms with Crippen molar-refractivity contribution < 1.29 is 9.53 Å². The standard InChI is InChI=1S/C17H20N4O2/c1-2-3-8-23-14-6-4-12(5-7-14)16(22)21-10-13-9-19-17(18)20-15(13)11-21/h4-7,9H,2-3,8,10-11H2,1H3,(H2,18,19,20). The lowest BCUT2D eigenvalue weighted by Crippen LogP contribution is -2.25. The van der Waals surface area contributed by atoms with E-state index in [1.165, 1.54) is 0 Å². The van der Waals surface area contributed by atoms with E-state index in [-0.39, 0.29) is 11.9 Å². The second kappa shape index (κ2) is 6.64. The normalized spacial score (nSPS) is 13.0. The Hall–Kier alpha value is -2.63. The average molecular weight is 312 g/mol. The number of nitrogen functional groups attached to an aromatic ring is 1. The van der Waals surface area contributed by atoms with Gasteiger partial charge in [0.05, 0.1) is 18.8 Å². The van der Waals surface area contributed by atoms with Gasteiger partial charge < -0.3 is 15.4 Å². The topological polar surface area (TPSA) is 81.3 Å². The largest absolute Gasteiger partial charge is 0.494 e. The van der Waals surface area contributed by atoms with E-state index >= 15 is 0 Å². The van der Waals surface area contributed by atoms with Crippen molar-refractivity contribution in [3.63, 3.8) is 0 Å². The third-order valence-corrected chi connectivity index (χ3v) is 3.83. The number of hydrogen-bond acceptors (Lipinski definition) is 5. The van der Waals surface area contributed by atoms with Crippen LogP contribution in [0.15, 0.2) is 30.5 Å². The lowest BCUT2D eigenvalue weighted by molar-refractivity contribution is 0.0750. The molecule has 0 unspecified atom stereocenters. The zero-order valence-corrected chi connectivity index (χ0v) is 13.2. The van der Waals surface area contributed by atoms with Gasteiger partial charge in [-0.1, -0.05) is 13.3 Å². The van der Waals surface area contributed by atoms with Crippen LogP contribution in [0.3, 0.4) is 0 Å². The van der Waals surface area contributed by atoms with Crippen molar-refractivity contribution in [3.05, 3.63) is 47.3 Å². The number of aromatic nitrogens is 2. The number of unbranched alkanes of at least 4 members (excludes halogenated alkanes) is 1. The van der Waals surface area contributed by atoms with Gasteiger partial charge in [-0.05, 0) is 30.7 Å². The number of fused-ring (bicyclic) bond motifs is 1. The maximum atomic E-state index is 12.6. The molecule has 2 N–H and O–H groups in total. The molecule has 0 saturated heterocycles. The summed E-state index contributed by atoms with van der Waals surface area (Å²) in [6, 6.07) is 7.27. The SMILES string of the molecule is CCCCOc1ccc(C(=O)N2Cc3cnc(N)nc3C2)cc1. The van der Waals surface area contributed by atoms with Crippen LogP contribution in [0.1, 0.15) is 41.4 Å². The van der Waals surface area contributed by atoms with Gasteiger partial charge in [-0.3, -0.25) is 4.79 Å². The fourth-order valence-corrected chi connectivity index (χ4v) is 2.52. The van der Waals surface area contributed by atoms with E-state index in [4.69, 9.17) is 10.5 Å². The number of carbonyl (C=O) groups excluding carboxylic acids is 1. The molecule has 1 amide bonds. The summed E-state index contributed by atoms with van der Waals surface area (Å²) in [5.41, 5.74) is 8.01. The predicted octanol–water partition coefficient (Wildman–Crippen LogP) is 2.39. The Morgan fingerprint density at radius 1 is 1.30 bits per heavy atom. The quantitative estimate of drug-likeness (QED) is 0.857. The number of benzene rings is 1. The molecule has 120 valence electrons. The molecule has 0 saturated carbocycles. The number of nitrogens with zero attached hydrogens (tertiary/aromatic N) is 3. The van der Waals surface area contributed by atoms with E-state index in [1.807, 2.05) is 12.1 Å². The summed E-state index contributed by atoms with van der Waals surface area (Å²) in [4.78, 5) is 22.5. The maximum absolute atomic E-state index is 12.6. The van der Waals surface area contributed by atoms with Gasteiger partial charge in [0.1, 0.15) is 5.75 Å². The van der Waals surface area contributed by atoms with E-state index < -0.39 is 0 Å². The molecule has 0 radical (unpaired) electrons. The summed E-state index contributed by atoms with van der Waals surface area (Å²) >= 11 is 0. The fraction of sp³-hybridized carbons (Fsp3) is 0.353. The Balaban J connectivity index is 1.65. The Morgan fingerprint density at radius 2 is 2.09 bits per heavy atom. The summed E-state index contributed by atoms with van der Waals surface area (Å²) in [6.07, 6.45) is 3.81. The first kappa shape index (κ1) is 15.3. The van der Waals surface area contributed by atoms with E-state index in [2.05, 4.69) is 16.9 Å². The molecule has 6 nitrogen and oxygen atoms in total. The van der Waals surface area contributed by atoms with Crippen molar-refractivity contribution in [3.8, 4) is 5.75 Å². The van der Waals surface area contributed by atoms with Gasteiger partial charge >= 0.3 is 0 Å². The first-order valence-corrected chi connectivity index (χ1v) is 7.79. The highest BCUT2D eigenvalue weighted by Gasteiger charge is 2.25. The van der Waals surface area contributed by atoms with Gasteiger partial charge in [-0.2, -0.15) is 0 Å². The molecule has 1 aromatic carbocycles. The van der Waals surface area contributed by atoms with E-state index in [0.29, 0.717) is 25.3 Å². The first-order valence-electron chi connectivity index (χ1n) is 7.79. The van der Waals surface area contributed by atoms with Crippen molar-refractivity contribution in [2.75, 3.05) is 12.3 Å². The minimum absolute atomic E-state index is 0.0262. The Kier molecular flexibility index (Phi) is 4.41. The van der Waals surface area contributed by atoms with Gasteiger partial charge in [-0.15, -0.1) is 0 Å². The summed E-state index contributed by atoms with van der Waals surface area (Å²) in [6.45, 7) is 3.81. The molecule has 3 rings (SSSR count). The molecular weight excluding hydrogens is 292 g/mol. The molecule has 6 heteroatoms. The Labute approximate surface area is 135 Å². The molecule has 1 aliphatic rings. The van der Waals surface area contributed by atoms with Crippen LogP contribution in [-0.4, -0.2) is 27.4 Å². The summed E-state index contributed by atoms with van der Waals surface area (Å²) < 4.78 is 5.61. The van der Waals surface area contributed by atoms with Crippen molar-refractivity contribution in [2.45, 2.75) is 32.9 Å². The van der Waals surface area contributed by atoms with E-state index in [0.717, 1.165) is 29.8 Å². The number of carbonyl (C=O) groups is 1.